The number of likely N-dealkylation sites (tertiary alicyclic amines) is 1. The molecule has 1 saturated heterocycles. The van der Waals surface area contributed by atoms with Crippen LogP contribution in [0.2, 0.25) is 0 Å². The van der Waals surface area contributed by atoms with Crippen LogP contribution in [0.5, 0.6) is 11.5 Å². The van der Waals surface area contributed by atoms with Gasteiger partial charge in [-0.25, -0.2) is 0 Å². The number of rotatable bonds is 6. The second kappa shape index (κ2) is 9.62. The van der Waals surface area contributed by atoms with Crippen LogP contribution < -0.4 is 20.5 Å². The number of nitrogens with zero attached hydrogens (tertiary/aromatic N) is 2. The number of β-amino-alcohol motifs (C(OH)–C–C–N with tert-alkyl or cyclic N) is 1. The van der Waals surface area contributed by atoms with E-state index < -0.39 is 6.10 Å². The van der Waals surface area contributed by atoms with Crippen molar-refractivity contribution in [1.82, 2.24) is 10.2 Å². The van der Waals surface area contributed by atoms with Gasteiger partial charge >= 0.3 is 0 Å². The highest BCUT2D eigenvalue weighted by Gasteiger charge is 2.28. The summed E-state index contributed by atoms with van der Waals surface area (Å²) in [7, 11) is 0. The van der Waals surface area contributed by atoms with Crippen molar-refractivity contribution in [3.63, 3.8) is 0 Å². The first-order valence-electron chi connectivity index (χ1n) is 9.83. The van der Waals surface area contributed by atoms with Crippen molar-refractivity contribution in [3.8, 4) is 17.6 Å². The molecule has 3 rings (SSSR count). The zero-order valence-corrected chi connectivity index (χ0v) is 16.0. The third-order valence-electron chi connectivity index (χ3n) is 5.21. The molecule has 2 atom stereocenters. The molecule has 0 aliphatic carbocycles. The number of unbranched alkanes of at least 4 members (excludes halogenated alkanes) is 1. The van der Waals surface area contributed by atoms with Gasteiger partial charge in [-0.15, -0.1) is 0 Å². The molecule has 1 aromatic rings. The summed E-state index contributed by atoms with van der Waals surface area (Å²) in [5.74, 6) is 0.635. The van der Waals surface area contributed by atoms with E-state index in [2.05, 4.69) is 16.3 Å². The van der Waals surface area contributed by atoms with Gasteiger partial charge < -0.3 is 30.5 Å². The van der Waals surface area contributed by atoms with Crippen LogP contribution in [0.4, 0.5) is 5.69 Å². The molecule has 8 nitrogen and oxygen atoms in total. The van der Waals surface area contributed by atoms with Crippen molar-refractivity contribution < 1.29 is 19.4 Å². The van der Waals surface area contributed by atoms with E-state index in [4.69, 9.17) is 20.5 Å². The number of aliphatic hydroxyl groups excluding tert-OH is 1. The predicted molar refractivity (Wildman–Crippen MR) is 104 cm³/mol. The van der Waals surface area contributed by atoms with Gasteiger partial charge in [0.15, 0.2) is 11.5 Å². The second-order valence-corrected chi connectivity index (χ2v) is 7.33. The maximum atomic E-state index is 12.7. The van der Waals surface area contributed by atoms with Gasteiger partial charge in [0.1, 0.15) is 0 Å². The third kappa shape index (κ3) is 5.06. The van der Waals surface area contributed by atoms with Crippen molar-refractivity contribution in [3.05, 3.63) is 17.7 Å². The number of fused-ring (bicyclic) bond motifs is 1. The number of amides is 1. The Morgan fingerprint density at radius 3 is 3.00 bits per heavy atom. The molecular formula is C20H28N4O4. The van der Waals surface area contributed by atoms with E-state index in [0.717, 1.165) is 32.4 Å². The number of hydrogen-bond donors (Lipinski definition) is 3. The molecule has 0 spiro atoms. The molecule has 0 unspecified atom stereocenters. The topological polar surface area (TPSA) is 121 Å². The number of nitrogen functional groups attached to an aromatic ring is 1. The maximum absolute atomic E-state index is 12.7. The van der Waals surface area contributed by atoms with Gasteiger partial charge in [-0.2, -0.15) is 5.26 Å². The van der Waals surface area contributed by atoms with Gasteiger partial charge in [0.25, 0.3) is 5.91 Å². The van der Waals surface area contributed by atoms with Gasteiger partial charge in [0, 0.05) is 43.6 Å². The van der Waals surface area contributed by atoms with E-state index in [9.17, 15) is 9.90 Å². The van der Waals surface area contributed by atoms with Gasteiger partial charge in [0.05, 0.1) is 31.0 Å². The number of hydrogen-bond acceptors (Lipinski definition) is 7. The minimum atomic E-state index is -0.506. The van der Waals surface area contributed by atoms with Gasteiger partial charge in [-0.3, -0.25) is 4.79 Å². The molecule has 2 aliphatic heterocycles. The van der Waals surface area contributed by atoms with Gasteiger partial charge in [-0.1, -0.05) is 0 Å². The van der Waals surface area contributed by atoms with Crippen LogP contribution >= 0.6 is 0 Å². The molecule has 2 heterocycles. The lowest BCUT2D eigenvalue weighted by molar-refractivity contribution is 0.0219. The van der Waals surface area contributed by atoms with Gasteiger partial charge in [-0.05, 0) is 32.0 Å². The summed E-state index contributed by atoms with van der Waals surface area (Å²) in [5.41, 5.74) is 6.72. The van der Waals surface area contributed by atoms with Crippen LogP contribution in [0.3, 0.4) is 0 Å². The number of nitriles is 1. The summed E-state index contributed by atoms with van der Waals surface area (Å²) in [5, 5.41) is 22.0. The molecule has 0 aromatic heterocycles. The number of carbonyl (C=O) groups excluding carboxylic acids is 1. The molecule has 1 aromatic carbocycles. The van der Waals surface area contributed by atoms with Crippen LogP contribution in [0, 0.1) is 17.2 Å². The second-order valence-electron chi connectivity index (χ2n) is 7.33. The Balaban J connectivity index is 1.56. The Morgan fingerprint density at radius 2 is 2.21 bits per heavy atom. The monoisotopic (exact) mass is 388 g/mol. The van der Waals surface area contributed by atoms with Crippen molar-refractivity contribution in [1.29, 1.82) is 5.26 Å². The van der Waals surface area contributed by atoms with Crippen LogP contribution in [-0.4, -0.2) is 61.4 Å². The summed E-state index contributed by atoms with van der Waals surface area (Å²) in [4.78, 5) is 14.9. The van der Waals surface area contributed by atoms with Crippen LogP contribution in [0.15, 0.2) is 12.1 Å². The van der Waals surface area contributed by atoms with E-state index in [1.54, 1.807) is 12.1 Å². The zero-order chi connectivity index (χ0) is 19.9. The number of benzene rings is 1. The number of ether oxygens (including phenoxy) is 2. The summed E-state index contributed by atoms with van der Waals surface area (Å²) in [6, 6.07) is 5.40. The van der Waals surface area contributed by atoms with Crippen molar-refractivity contribution in [2.45, 2.75) is 31.8 Å². The highest BCUT2D eigenvalue weighted by atomic mass is 16.5. The molecule has 4 N–H and O–H groups in total. The number of carbonyl (C=O) groups is 1. The number of nitrogens with one attached hydrogen (secondary N) is 1. The Morgan fingerprint density at radius 1 is 1.39 bits per heavy atom. The summed E-state index contributed by atoms with van der Waals surface area (Å²) >= 11 is 0. The Hall–Kier alpha value is -2.50. The van der Waals surface area contributed by atoms with E-state index in [1.165, 1.54) is 0 Å². The molecule has 152 valence electrons. The first-order chi connectivity index (χ1) is 13.6. The summed E-state index contributed by atoms with van der Waals surface area (Å²) < 4.78 is 11.3. The molecule has 1 amide bonds. The molecule has 28 heavy (non-hydrogen) atoms. The number of anilines is 1. The zero-order valence-electron chi connectivity index (χ0n) is 16.0. The minimum absolute atomic E-state index is 0.00648. The summed E-state index contributed by atoms with van der Waals surface area (Å²) in [6.07, 6.45) is 2.38. The molecule has 0 radical (unpaired) electrons. The molecular weight excluding hydrogens is 360 g/mol. The standard InChI is InChI=1S/C20H28N4O4/c21-5-1-2-6-24-7-4-14(17(25)13-24)12-23-20(26)16-10-15(22)11-18-19(16)28-9-3-8-27-18/h10-11,14,17,25H,1-4,6-9,12-13,22H2,(H,23,26)/t14-,17+/m0/s1. The van der Waals surface area contributed by atoms with Crippen LogP contribution in [0.1, 0.15) is 36.0 Å². The van der Waals surface area contributed by atoms with Crippen molar-refractivity contribution >= 4 is 11.6 Å². The van der Waals surface area contributed by atoms with E-state index in [0.29, 0.717) is 55.5 Å². The fourth-order valence-electron chi connectivity index (χ4n) is 3.65. The molecule has 1 fully saturated rings. The summed E-state index contributed by atoms with van der Waals surface area (Å²) in [6.45, 7) is 3.63. The van der Waals surface area contributed by atoms with Crippen molar-refractivity contribution in [2.75, 3.05) is 45.1 Å². The predicted octanol–water partition coefficient (Wildman–Crippen LogP) is 1.15. The van der Waals surface area contributed by atoms with E-state index in [1.807, 2.05) is 0 Å². The molecule has 0 saturated carbocycles. The van der Waals surface area contributed by atoms with Gasteiger partial charge in [0.2, 0.25) is 0 Å². The third-order valence-corrected chi connectivity index (χ3v) is 5.21. The molecule has 8 heteroatoms. The number of nitrogens with two attached hydrogens (primary N) is 1. The first kappa shape index (κ1) is 20.2. The smallest absolute Gasteiger partial charge is 0.255 e. The highest BCUT2D eigenvalue weighted by molar-refractivity contribution is 5.98. The van der Waals surface area contributed by atoms with E-state index >= 15 is 0 Å². The Bertz CT molecular complexity index is 734. The lowest BCUT2D eigenvalue weighted by Crippen LogP contribution is -2.47. The fraction of sp³-hybridized carbons (Fsp3) is 0.600. The van der Waals surface area contributed by atoms with Crippen molar-refractivity contribution in [2.24, 2.45) is 5.92 Å². The fourth-order valence-corrected chi connectivity index (χ4v) is 3.65. The Labute approximate surface area is 165 Å². The molecule has 2 aliphatic rings. The minimum Gasteiger partial charge on any atom is -0.489 e. The largest absolute Gasteiger partial charge is 0.489 e. The SMILES string of the molecule is N#CCCCN1CC[C@@H](CNC(=O)c2cc(N)cc3c2OCCCO3)[C@H](O)C1. The normalized spacial score (nSPS) is 22.1. The number of aliphatic hydroxyl groups is 1. The Kier molecular flexibility index (Phi) is 6.95. The lowest BCUT2D eigenvalue weighted by atomic mass is 9.93. The quantitative estimate of drug-likeness (QED) is 0.494. The van der Waals surface area contributed by atoms with Crippen LogP contribution in [0.25, 0.3) is 0 Å². The highest BCUT2D eigenvalue weighted by Crippen LogP contribution is 2.35. The average Bonchev–Trinajstić information content (AvgIpc) is 2.92. The van der Waals surface area contributed by atoms with Crippen LogP contribution in [-0.2, 0) is 0 Å². The first-order valence-corrected chi connectivity index (χ1v) is 9.83. The number of piperidine rings is 1. The van der Waals surface area contributed by atoms with E-state index in [-0.39, 0.29) is 11.8 Å². The lowest BCUT2D eigenvalue weighted by Gasteiger charge is -2.36. The molecule has 0 bridgehead atoms. The average molecular weight is 388 g/mol. The maximum Gasteiger partial charge on any atom is 0.255 e.